The van der Waals surface area contributed by atoms with Crippen molar-refractivity contribution in [2.75, 3.05) is 6.61 Å². The minimum Gasteiger partial charge on any atom is -0.391 e. The Bertz CT molecular complexity index is 295. The number of rotatable bonds is 6. The Labute approximate surface area is 126 Å². The summed E-state index contributed by atoms with van der Waals surface area (Å²) >= 11 is 0. The van der Waals surface area contributed by atoms with Crippen molar-refractivity contribution in [3.8, 4) is 0 Å². The van der Waals surface area contributed by atoms with E-state index in [1.54, 1.807) is 0 Å². The van der Waals surface area contributed by atoms with Gasteiger partial charge in [-0.05, 0) is 44.4 Å². The molecule has 3 N–H and O–H groups in total. The first-order valence-electron chi connectivity index (χ1n) is 7.67. The number of aliphatic hydroxyl groups excluding tert-OH is 1. The molecule has 0 saturated heterocycles. The van der Waals surface area contributed by atoms with Gasteiger partial charge >= 0.3 is 0 Å². The van der Waals surface area contributed by atoms with Gasteiger partial charge in [-0.3, -0.25) is 0 Å². The highest BCUT2D eigenvalue weighted by Gasteiger charge is 2.41. The molecule has 0 aliphatic heterocycles. The Morgan fingerprint density at radius 2 is 1.35 bits per heavy atom. The summed E-state index contributed by atoms with van der Waals surface area (Å²) in [4.78, 5) is 0. The fourth-order valence-corrected chi connectivity index (χ4v) is 2.55. The summed E-state index contributed by atoms with van der Waals surface area (Å²) < 4.78 is 5.97. The summed E-state index contributed by atoms with van der Waals surface area (Å²) in [6.45, 7) is 19.3. The van der Waals surface area contributed by atoms with Crippen LogP contribution in [0.4, 0.5) is 0 Å². The first-order chi connectivity index (χ1) is 8.56. The Morgan fingerprint density at radius 3 is 1.70 bits per heavy atom. The lowest BCUT2D eigenvalue weighted by Gasteiger charge is -2.45. The maximum Gasteiger partial charge on any atom is 0.0803 e. The van der Waals surface area contributed by atoms with E-state index < -0.39 is 17.2 Å². The second-order valence-electron chi connectivity index (χ2n) is 9.39. The highest BCUT2D eigenvalue weighted by molar-refractivity contribution is 4.98. The van der Waals surface area contributed by atoms with Gasteiger partial charge in [0.05, 0.1) is 18.3 Å². The Morgan fingerprint density at radius 1 is 0.900 bits per heavy atom. The fraction of sp³-hybridized carbons (Fsp3) is 1.00. The highest BCUT2D eigenvalue weighted by Crippen LogP contribution is 2.35. The van der Waals surface area contributed by atoms with Crippen LogP contribution in [0.3, 0.4) is 0 Å². The van der Waals surface area contributed by atoms with E-state index in [2.05, 4.69) is 41.5 Å². The third kappa shape index (κ3) is 7.61. The maximum atomic E-state index is 10.1. The zero-order valence-corrected chi connectivity index (χ0v) is 15.1. The average molecular weight is 287 g/mol. The second-order valence-corrected chi connectivity index (χ2v) is 9.39. The molecule has 3 nitrogen and oxygen atoms in total. The molecule has 3 heteroatoms. The molecule has 0 aliphatic rings. The van der Waals surface area contributed by atoms with Gasteiger partial charge in [-0.15, -0.1) is 0 Å². The first kappa shape index (κ1) is 19.9. The van der Waals surface area contributed by atoms with E-state index in [0.717, 1.165) is 12.8 Å². The van der Waals surface area contributed by atoms with Crippen molar-refractivity contribution in [2.45, 2.75) is 92.4 Å². The monoisotopic (exact) mass is 287 g/mol. The van der Waals surface area contributed by atoms with E-state index in [0.29, 0.717) is 6.61 Å². The molecule has 122 valence electrons. The van der Waals surface area contributed by atoms with Gasteiger partial charge in [0.25, 0.3) is 0 Å². The van der Waals surface area contributed by atoms with Crippen molar-refractivity contribution in [3.63, 3.8) is 0 Å². The molecule has 0 aliphatic carbocycles. The standard InChI is InChI=1S/C17H37NO2/c1-14(2,3)10-13(19)11-20-16(7,8)17(9,18)12-15(4,5)6/h13,19H,10-12,18H2,1-9H3. The van der Waals surface area contributed by atoms with Crippen LogP contribution in [0, 0.1) is 10.8 Å². The molecule has 0 aromatic rings. The maximum absolute atomic E-state index is 10.1. The number of nitrogens with two attached hydrogens (primary N) is 1. The van der Waals surface area contributed by atoms with Gasteiger partial charge in [-0.2, -0.15) is 0 Å². The molecule has 0 aromatic heterocycles. The number of hydrogen-bond donors (Lipinski definition) is 2. The molecule has 2 unspecified atom stereocenters. The Kier molecular flexibility index (Phi) is 6.29. The molecule has 0 aromatic carbocycles. The quantitative estimate of drug-likeness (QED) is 0.782. The molecule has 0 spiro atoms. The molecule has 0 heterocycles. The molecule has 20 heavy (non-hydrogen) atoms. The van der Waals surface area contributed by atoms with Gasteiger partial charge in [-0.25, -0.2) is 0 Å². The predicted molar refractivity (Wildman–Crippen MR) is 86.8 cm³/mol. The molecule has 0 radical (unpaired) electrons. The van der Waals surface area contributed by atoms with Gasteiger partial charge in [0.2, 0.25) is 0 Å². The number of ether oxygens (including phenoxy) is 1. The number of aliphatic hydroxyl groups is 1. The normalized spacial score (nSPS) is 18.8. The van der Waals surface area contributed by atoms with Crippen LogP contribution in [0.5, 0.6) is 0 Å². The lowest BCUT2D eigenvalue weighted by atomic mass is 9.73. The van der Waals surface area contributed by atoms with Gasteiger partial charge in [0, 0.05) is 5.54 Å². The van der Waals surface area contributed by atoms with Crippen LogP contribution in [-0.4, -0.2) is 29.0 Å². The van der Waals surface area contributed by atoms with Crippen molar-refractivity contribution >= 4 is 0 Å². The molecular formula is C17H37NO2. The highest BCUT2D eigenvalue weighted by atomic mass is 16.5. The summed E-state index contributed by atoms with van der Waals surface area (Å²) in [6.07, 6.45) is 1.14. The van der Waals surface area contributed by atoms with Gasteiger partial charge in [0.1, 0.15) is 0 Å². The first-order valence-corrected chi connectivity index (χ1v) is 7.67. The van der Waals surface area contributed by atoms with Gasteiger partial charge in [-0.1, -0.05) is 41.5 Å². The van der Waals surface area contributed by atoms with Crippen LogP contribution in [0.15, 0.2) is 0 Å². The predicted octanol–water partition coefficient (Wildman–Crippen LogP) is 3.73. The fourth-order valence-electron chi connectivity index (χ4n) is 2.55. The zero-order chi connectivity index (χ0) is 16.4. The summed E-state index contributed by atoms with van der Waals surface area (Å²) in [5, 5.41) is 10.1. The van der Waals surface area contributed by atoms with Crippen molar-refractivity contribution in [1.29, 1.82) is 0 Å². The minimum atomic E-state index is -0.473. The van der Waals surface area contributed by atoms with Gasteiger partial charge < -0.3 is 15.6 Å². The van der Waals surface area contributed by atoms with Crippen LogP contribution in [0.25, 0.3) is 0 Å². The van der Waals surface area contributed by atoms with Crippen molar-refractivity contribution in [3.05, 3.63) is 0 Å². The molecule has 0 amide bonds. The molecule has 0 fully saturated rings. The summed E-state index contributed by atoms with van der Waals surface area (Å²) in [5.41, 5.74) is 5.83. The molecule has 2 atom stereocenters. The van der Waals surface area contributed by atoms with Crippen molar-refractivity contribution in [1.82, 2.24) is 0 Å². The van der Waals surface area contributed by atoms with E-state index in [1.807, 2.05) is 20.8 Å². The average Bonchev–Trinajstić information content (AvgIpc) is 2.07. The van der Waals surface area contributed by atoms with Crippen LogP contribution >= 0.6 is 0 Å². The Hall–Kier alpha value is -0.120. The summed E-state index contributed by atoms with van der Waals surface area (Å²) in [5.74, 6) is 0. The Balaban J connectivity index is 4.58. The molecule has 0 rings (SSSR count). The van der Waals surface area contributed by atoms with Crippen LogP contribution in [0.1, 0.15) is 75.2 Å². The largest absolute Gasteiger partial charge is 0.391 e. The van der Waals surface area contributed by atoms with E-state index in [1.165, 1.54) is 0 Å². The van der Waals surface area contributed by atoms with E-state index in [-0.39, 0.29) is 10.8 Å². The van der Waals surface area contributed by atoms with E-state index in [4.69, 9.17) is 10.5 Å². The van der Waals surface area contributed by atoms with Crippen molar-refractivity contribution < 1.29 is 9.84 Å². The van der Waals surface area contributed by atoms with E-state index in [9.17, 15) is 5.11 Å². The molecule has 0 saturated carbocycles. The van der Waals surface area contributed by atoms with Crippen LogP contribution in [0.2, 0.25) is 0 Å². The van der Waals surface area contributed by atoms with Gasteiger partial charge in [0.15, 0.2) is 0 Å². The van der Waals surface area contributed by atoms with Crippen molar-refractivity contribution in [2.24, 2.45) is 16.6 Å². The smallest absolute Gasteiger partial charge is 0.0803 e. The number of hydrogen-bond acceptors (Lipinski definition) is 3. The molecular weight excluding hydrogens is 250 g/mol. The minimum absolute atomic E-state index is 0.102. The lowest BCUT2D eigenvalue weighted by molar-refractivity contribution is -0.108. The zero-order valence-electron chi connectivity index (χ0n) is 15.1. The van der Waals surface area contributed by atoms with E-state index >= 15 is 0 Å². The van der Waals surface area contributed by atoms with Crippen LogP contribution in [-0.2, 0) is 4.74 Å². The summed E-state index contributed by atoms with van der Waals surface area (Å²) in [6, 6.07) is 0. The second kappa shape index (κ2) is 6.33. The summed E-state index contributed by atoms with van der Waals surface area (Å²) in [7, 11) is 0. The third-order valence-electron chi connectivity index (χ3n) is 3.76. The lowest BCUT2D eigenvalue weighted by Crippen LogP contribution is -2.58. The van der Waals surface area contributed by atoms with Crippen LogP contribution < -0.4 is 5.73 Å². The topological polar surface area (TPSA) is 55.5 Å². The SMILES string of the molecule is CC(C)(C)CC(O)COC(C)(C)C(C)(N)CC(C)(C)C. The molecule has 0 bridgehead atoms. The third-order valence-corrected chi connectivity index (χ3v) is 3.76.